The molecule has 0 saturated carbocycles. The van der Waals surface area contributed by atoms with E-state index in [1.807, 2.05) is 48.5 Å². The first-order chi connectivity index (χ1) is 66.8. The van der Waals surface area contributed by atoms with Crippen LogP contribution in [-0.2, 0) is 119 Å². The fourth-order valence-electron chi connectivity index (χ4n) is 18.4. The van der Waals surface area contributed by atoms with Gasteiger partial charge in [0.25, 0.3) is 0 Å². The first kappa shape index (κ1) is 113. The number of fused-ring (bicyclic) bond motifs is 3. The minimum absolute atomic E-state index is 0.225. The monoisotopic (exact) mass is 2030 g/mol. The molecule has 0 aromatic heterocycles. The Hall–Kier alpha value is -7.11. The Morgan fingerprint density at radius 2 is 0.638 bits per heavy atom. The number of esters is 1. The summed E-state index contributed by atoms with van der Waals surface area (Å²) in [6.07, 6.45) is -89.7. The van der Waals surface area contributed by atoms with Crippen LogP contribution in [0.1, 0.15) is 71.9 Å². The number of aliphatic hydroxyl groups excluding tert-OH is 24. The zero-order valence-corrected chi connectivity index (χ0v) is 76.9. The molecule has 9 heterocycles. The zero-order chi connectivity index (χ0) is 103. The van der Waals surface area contributed by atoms with Crippen LogP contribution in [0.15, 0.2) is 48.5 Å². The molecule has 798 valence electrons. The number of benzene rings is 2. The maximum absolute atomic E-state index is 14.3. The lowest BCUT2D eigenvalue weighted by atomic mass is 9.93. The number of carbonyl (C=O) groups excluding carboxylic acids is 7. The van der Waals surface area contributed by atoms with Crippen molar-refractivity contribution in [2.75, 3.05) is 66.1 Å². The lowest BCUT2D eigenvalue weighted by Crippen LogP contribution is -2.72. The first-order valence-corrected chi connectivity index (χ1v) is 45.4. The van der Waals surface area contributed by atoms with Gasteiger partial charge in [-0.3, -0.25) is 24.0 Å². The number of nitrogens with one attached hydrogen (secondary N) is 6. The van der Waals surface area contributed by atoms with Crippen molar-refractivity contribution in [2.45, 2.75) is 348 Å². The second-order valence-corrected chi connectivity index (χ2v) is 36.5. The van der Waals surface area contributed by atoms with Crippen molar-refractivity contribution in [2.24, 2.45) is 0 Å². The lowest BCUT2D eigenvalue weighted by molar-refractivity contribution is -0.398. The Kier molecular flexibility index (Phi) is 39.3. The third-order valence-corrected chi connectivity index (χ3v) is 25.4. The lowest BCUT2D eigenvalue weighted by Gasteiger charge is -2.51. The molecule has 9 fully saturated rings. The van der Waals surface area contributed by atoms with Gasteiger partial charge in [-0.2, -0.15) is 0 Å². The summed E-state index contributed by atoms with van der Waals surface area (Å²) in [5.74, 6) is -6.52. The van der Waals surface area contributed by atoms with Crippen LogP contribution < -0.4 is 31.9 Å². The van der Waals surface area contributed by atoms with Crippen molar-refractivity contribution < 1.29 is 246 Å². The summed E-state index contributed by atoms with van der Waals surface area (Å²) in [5.41, 5.74) is 2.31. The van der Waals surface area contributed by atoms with Gasteiger partial charge < -0.3 is 244 Å². The number of ether oxygens (including phenoxy) is 19. The number of carbonyl (C=O) groups is 7. The Bertz CT molecular complexity index is 4380. The first-order valence-electron chi connectivity index (χ1n) is 45.4. The molecular weight excluding hydrogens is 1900 g/mol. The maximum atomic E-state index is 14.3. The summed E-state index contributed by atoms with van der Waals surface area (Å²) in [7, 11) is 0. The van der Waals surface area contributed by atoms with Gasteiger partial charge in [-0.1, -0.05) is 48.5 Å². The van der Waals surface area contributed by atoms with Crippen LogP contribution in [0.5, 0.6) is 0 Å². The highest BCUT2D eigenvalue weighted by Crippen LogP contribution is 2.46. The highest BCUT2D eigenvalue weighted by molar-refractivity contribution is 5.88. The van der Waals surface area contributed by atoms with Gasteiger partial charge in [-0.15, -0.1) is 0 Å². The maximum Gasteiger partial charge on any atom is 0.407 e. The van der Waals surface area contributed by atoms with Gasteiger partial charge in [0.1, 0.15) is 238 Å². The van der Waals surface area contributed by atoms with Crippen LogP contribution >= 0.6 is 0 Å². The van der Waals surface area contributed by atoms with Gasteiger partial charge in [-0.05, 0) is 43.0 Å². The van der Waals surface area contributed by atoms with Gasteiger partial charge in [-0.25, -0.2) is 9.59 Å². The smallest absolute Gasteiger partial charge is 0.407 e. The Balaban J connectivity index is 0.827. The van der Waals surface area contributed by atoms with E-state index in [9.17, 15) is 156 Å². The minimum atomic E-state index is -2.65. The standard InChI is InChI=1S/C85H128N6O50/c1-27(100)86-47-56(110)67(41(21-96)125-74(47)91-46(104)16-36(75(121)141-85(5,6)7)90-84(122)124-25-35-33-14-10-8-12-31(33)32-13-9-11-15-34(32)35)134-76-48(87-28(2)101)57(111)70(44(24-99)130-76)137-81-66(120)71(138-83-73(63(117)54(108)40(20-95)129-83)140-78-50(89-30(4)103)59(113)69(43(23-98)132-78)136-80-65(119)61(115)52(106)38(18-93)127-80)55(109)45(133-81)26-123-82-72(62(116)53(107)39(19-94)128-82)139-77-49(88-29(3)102)58(112)68(42(22-97)131-77)135-79-64(118)60(114)51(105)37(17-92)126-79/h8-15,35-45,47-74,76-83,92-99,105-120H,16-26H2,1-7H3,(H,86,100)(H,87,101)(H,88,102)(H,89,103)(H,90,122)(H,91,104)/t36-,37+,38+,39+,40+,41+,42+,43+,44+,45+,47+,48+,49+,50+,51-,52-,53+,54+,55+,56+,57+,58+,59+,60-,61-,62-,63-,64+,65+,66-,67+,68+,69+,70+,71-,72-,73-,74+,76-,77-,78-,79-,80-,81-,82-,83+/m0/s1. The van der Waals surface area contributed by atoms with E-state index in [2.05, 4.69) is 31.9 Å². The predicted octanol–water partition coefficient (Wildman–Crippen LogP) is -16.3. The van der Waals surface area contributed by atoms with E-state index >= 15 is 0 Å². The van der Waals surface area contributed by atoms with Crippen LogP contribution in [0.3, 0.4) is 0 Å². The summed E-state index contributed by atoms with van der Waals surface area (Å²) < 4.78 is 114. The van der Waals surface area contributed by atoms with E-state index in [0.717, 1.165) is 49.9 Å². The molecule has 2 aromatic rings. The molecule has 56 heteroatoms. The molecule has 10 aliphatic rings. The fourth-order valence-corrected chi connectivity index (χ4v) is 18.4. The number of alkyl carbamates (subject to hydrolysis) is 1. The molecule has 46 atom stereocenters. The van der Waals surface area contributed by atoms with Crippen molar-refractivity contribution in [3.63, 3.8) is 0 Å². The molecule has 56 nitrogen and oxygen atoms in total. The highest BCUT2D eigenvalue weighted by Gasteiger charge is 2.62. The topological polar surface area (TPSA) is 853 Å². The van der Waals surface area contributed by atoms with Gasteiger partial charge in [0.15, 0.2) is 56.5 Å². The van der Waals surface area contributed by atoms with Gasteiger partial charge in [0, 0.05) is 33.6 Å². The molecule has 9 aliphatic heterocycles. The average molecular weight is 2030 g/mol. The third kappa shape index (κ3) is 25.7. The van der Waals surface area contributed by atoms with Crippen molar-refractivity contribution in [3.05, 3.63) is 59.7 Å². The Morgan fingerprint density at radius 3 is 1.04 bits per heavy atom. The largest absolute Gasteiger partial charge is 0.458 e. The predicted molar refractivity (Wildman–Crippen MR) is 452 cm³/mol. The van der Waals surface area contributed by atoms with E-state index in [0.29, 0.717) is 0 Å². The molecule has 0 spiro atoms. The van der Waals surface area contributed by atoms with Gasteiger partial charge in [0.2, 0.25) is 29.5 Å². The average Bonchev–Trinajstić information content (AvgIpc) is 1.55. The van der Waals surface area contributed by atoms with E-state index in [-0.39, 0.29) is 6.61 Å². The number of rotatable bonds is 36. The van der Waals surface area contributed by atoms with E-state index in [1.54, 1.807) is 0 Å². The number of amides is 6. The Morgan fingerprint density at radius 1 is 0.319 bits per heavy atom. The second kappa shape index (κ2) is 49.1. The molecule has 6 amide bonds. The summed E-state index contributed by atoms with van der Waals surface area (Å²) in [4.78, 5) is 94.6. The Labute approximate surface area is 802 Å². The van der Waals surface area contributed by atoms with Crippen LogP contribution in [-0.4, -0.2) is 518 Å². The molecule has 0 unspecified atom stereocenters. The number of hydrogen-bond acceptors (Lipinski definition) is 50. The number of aliphatic hydroxyl groups is 24. The zero-order valence-electron chi connectivity index (χ0n) is 76.9. The molecule has 9 saturated heterocycles. The third-order valence-electron chi connectivity index (χ3n) is 25.4. The second-order valence-electron chi connectivity index (χ2n) is 36.5. The van der Waals surface area contributed by atoms with Crippen LogP contribution in [0.25, 0.3) is 11.1 Å². The summed E-state index contributed by atoms with van der Waals surface area (Å²) in [6, 6.07) is 5.27. The summed E-state index contributed by atoms with van der Waals surface area (Å²) in [5, 5.41) is 286. The molecule has 141 heavy (non-hydrogen) atoms. The van der Waals surface area contributed by atoms with Crippen LogP contribution in [0.4, 0.5) is 4.79 Å². The highest BCUT2D eigenvalue weighted by atomic mass is 16.8. The minimum Gasteiger partial charge on any atom is -0.458 e. The molecular formula is C85H128N6O50. The van der Waals surface area contributed by atoms with E-state index in [4.69, 9.17) is 90.0 Å². The molecule has 2 aromatic carbocycles. The molecule has 1 aliphatic carbocycles. The fraction of sp³-hybridized carbons (Fsp3) is 0.776. The van der Waals surface area contributed by atoms with Crippen molar-refractivity contribution in [3.8, 4) is 11.1 Å². The summed E-state index contributed by atoms with van der Waals surface area (Å²) in [6.45, 7) is -2.26. The normalized spacial score (nSPS) is 41.8. The summed E-state index contributed by atoms with van der Waals surface area (Å²) >= 11 is 0. The van der Waals surface area contributed by atoms with Gasteiger partial charge >= 0.3 is 12.1 Å². The quantitative estimate of drug-likeness (QED) is 0.0282. The van der Waals surface area contributed by atoms with Crippen LogP contribution in [0, 0.1) is 0 Å². The SMILES string of the molecule is CC(=O)N[C@@H]1[C@@H](O)[C@H](O[C@@H]2O[C@H](CO)[C@@H](O[C@@H]3O[C@H](CO[C@H]4O[C@H](CO)[C@@H](O)[C@H](O)[C@@H]4O[C@@H]4O[C@H](CO)[C@@H](O[C@@H]5O[C@H](CO)[C@H](O)[C@H](O)[C@H]5O)[C@H](O)[C@H]4NC(C)=O)[C@@H](O)[C@H](O[C@H]4O[C@H](CO)[C@@H](O)[C@H](O)[C@@H]4O[C@@H]4O[C@H](CO)[C@@H](O[C@@H]5O[C@H](CO)[C@H](O)[C@H](O)[C@H]5O)[C@H](O)[C@H]4NC(C)=O)[C@@H]3O)[C@H](O)[C@H]2NC(C)=O)[C@@H](CO)O[C@H]1NC(=O)C[C@H](NC(=O)OCC1c2ccccc2-c2ccccc21)C(=O)OC(C)(C)C. The van der Waals surface area contributed by atoms with Crippen molar-refractivity contribution in [1.29, 1.82) is 0 Å². The van der Waals surface area contributed by atoms with Crippen LogP contribution in [0.2, 0.25) is 0 Å². The van der Waals surface area contributed by atoms with E-state index in [1.165, 1.54) is 20.8 Å². The molecule has 12 rings (SSSR count). The number of hydrogen-bond donors (Lipinski definition) is 30. The molecule has 0 bridgehead atoms. The molecule has 30 N–H and O–H groups in total. The van der Waals surface area contributed by atoms with Crippen molar-refractivity contribution >= 4 is 41.6 Å². The van der Waals surface area contributed by atoms with E-state index < -0.39 is 401 Å². The van der Waals surface area contributed by atoms with Gasteiger partial charge in [0.05, 0.1) is 65.9 Å². The molecule has 0 radical (unpaired) electrons. The van der Waals surface area contributed by atoms with Crippen molar-refractivity contribution in [1.82, 2.24) is 31.9 Å².